The van der Waals surface area contributed by atoms with Gasteiger partial charge in [0.05, 0.1) is 23.0 Å². The van der Waals surface area contributed by atoms with Gasteiger partial charge in [-0.3, -0.25) is 19.7 Å². The van der Waals surface area contributed by atoms with Crippen molar-refractivity contribution in [3.05, 3.63) is 48.7 Å². The zero-order chi connectivity index (χ0) is 21.8. The summed E-state index contributed by atoms with van der Waals surface area (Å²) in [6, 6.07) is 5.78. The van der Waals surface area contributed by atoms with E-state index in [4.69, 9.17) is 4.98 Å². The Morgan fingerprint density at radius 2 is 2.00 bits per heavy atom. The van der Waals surface area contributed by atoms with Crippen molar-refractivity contribution in [3.63, 3.8) is 0 Å². The molecule has 1 aliphatic heterocycles. The van der Waals surface area contributed by atoms with E-state index in [0.717, 1.165) is 54.6 Å². The van der Waals surface area contributed by atoms with Gasteiger partial charge in [0.2, 0.25) is 0 Å². The number of ketones is 1. The fraction of sp³-hybridized carbons (Fsp3) is 0.458. The Morgan fingerprint density at radius 3 is 2.77 bits per heavy atom. The van der Waals surface area contributed by atoms with Gasteiger partial charge >= 0.3 is 0 Å². The summed E-state index contributed by atoms with van der Waals surface area (Å²) >= 11 is 0. The maximum atomic E-state index is 13.0. The van der Waals surface area contributed by atoms with E-state index in [1.165, 1.54) is 0 Å². The Bertz CT molecular complexity index is 1050. The third-order valence-corrected chi connectivity index (χ3v) is 5.70. The van der Waals surface area contributed by atoms with Crippen LogP contribution in [0.4, 0.5) is 0 Å². The van der Waals surface area contributed by atoms with Crippen molar-refractivity contribution in [2.24, 2.45) is 5.92 Å². The maximum Gasteiger partial charge on any atom is 0.141 e. The molecule has 0 saturated carbocycles. The number of rotatable bonds is 6. The summed E-state index contributed by atoms with van der Waals surface area (Å²) in [6.45, 7) is 6.07. The number of likely N-dealkylation sites (tertiary alicyclic amines) is 1. The van der Waals surface area contributed by atoms with Crippen molar-refractivity contribution >= 4 is 16.7 Å². The van der Waals surface area contributed by atoms with Crippen LogP contribution in [-0.2, 0) is 11.2 Å². The number of aromatic nitrogens is 4. The van der Waals surface area contributed by atoms with Gasteiger partial charge in [-0.15, -0.1) is 0 Å². The summed E-state index contributed by atoms with van der Waals surface area (Å²) in [5.74, 6) is 0.283. The number of fused-ring (bicyclic) bond motifs is 1. The van der Waals surface area contributed by atoms with Gasteiger partial charge in [-0.1, -0.05) is 0 Å². The molecule has 0 aliphatic carbocycles. The molecule has 0 spiro atoms. The lowest BCUT2D eigenvalue weighted by Crippen LogP contribution is -2.39. The smallest absolute Gasteiger partial charge is 0.141 e. The van der Waals surface area contributed by atoms with Crippen molar-refractivity contribution in [1.29, 1.82) is 0 Å². The SMILES string of the molecule is CC(C)(O)CN1CCCC(C(=O)Cc2cc3nc(-c4cnccn4)ccc3cn2)CC1. The van der Waals surface area contributed by atoms with Crippen LogP contribution in [-0.4, -0.2) is 61.0 Å². The molecule has 0 aromatic carbocycles. The molecule has 0 radical (unpaired) electrons. The average Bonchev–Trinajstić information content (AvgIpc) is 2.98. The Morgan fingerprint density at radius 1 is 1.13 bits per heavy atom. The van der Waals surface area contributed by atoms with Crippen LogP contribution < -0.4 is 0 Å². The summed E-state index contributed by atoms with van der Waals surface area (Å²) in [6.07, 6.45) is 9.77. The largest absolute Gasteiger partial charge is 0.389 e. The first-order valence-corrected chi connectivity index (χ1v) is 10.9. The molecular weight excluding hydrogens is 390 g/mol. The summed E-state index contributed by atoms with van der Waals surface area (Å²) in [5, 5.41) is 11.0. The lowest BCUT2D eigenvalue weighted by molar-refractivity contribution is -0.122. The highest BCUT2D eigenvalue weighted by molar-refractivity contribution is 5.85. The fourth-order valence-corrected chi connectivity index (χ4v) is 4.23. The second-order valence-corrected chi connectivity index (χ2v) is 9.01. The number of nitrogens with zero attached hydrogens (tertiary/aromatic N) is 5. The molecule has 1 aliphatic rings. The molecule has 31 heavy (non-hydrogen) atoms. The predicted octanol–water partition coefficient (Wildman–Crippen LogP) is 3.07. The number of aliphatic hydroxyl groups is 1. The lowest BCUT2D eigenvalue weighted by atomic mass is 9.93. The molecule has 0 bridgehead atoms. The zero-order valence-electron chi connectivity index (χ0n) is 18.2. The summed E-state index contributed by atoms with van der Waals surface area (Å²) < 4.78 is 0. The third-order valence-electron chi connectivity index (χ3n) is 5.70. The highest BCUT2D eigenvalue weighted by Gasteiger charge is 2.26. The monoisotopic (exact) mass is 419 g/mol. The van der Waals surface area contributed by atoms with E-state index in [0.29, 0.717) is 18.7 Å². The van der Waals surface area contributed by atoms with Gasteiger partial charge in [-0.05, 0) is 64.4 Å². The highest BCUT2D eigenvalue weighted by atomic mass is 16.3. The van der Waals surface area contributed by atoms with E-state index in [1.807, 2.05) is 32.0 Å². The molecular formula is C24H29N5O2. The van der Waals surface area contributed by atoms with Crippen LogP contribution in [0.2, 0.25) is 0 Å². The zero-order valence-corrected chi connectivity index (χ0v) is 18.2. The minimum absolute atomic E-state index is 0.0446. The van der Waals surface area contributed by atoms with Gasteiger partial charge in [-0.2, -0.15) is 0 Å². The predicted molar refractivity (Wildman–Crippen MR) is 119 cm³/mol. The number of pyridine rings is 2. The van der Waals surface area contributed by atoms with Gasteiger partial charge < -0.3 is 10.0 Å². The van der Waals surface area contributed by atoms with Crippen LogP contribution in [0, 0.1) is 5.92 Å². The number of carbonyl (C=O) groups is 1. The van der Waals surface area contributed by atoms with Crippen molar-refractivity contribution in [2.45, 2.75) is 45.1 Å². The van der Waals surface area contributed by atoms with E-state index in [9.17, 15) is 9.90 Å². The van der Waals surface area contributed by atoms with Crippen LogP contribution in [0.1, 0.15) is 38.8 Å². The second-order valence-electron chi connectivity index (χ2n) is 9.01. The summed E-state index contributed by atoms with van der Waals surface area (Å²) in [5.41, 5.74) is 2.31. The first-order chi connectivity index (χ1) is 14.9. The van der Waals surface area contributed by atoms with Crippen LogP contribution in [0.15, 0.2) is 43.0 Å². The Kier molecular flexibility index (Phi) is 6.34. The molecule has 1 saturated heterocycles. The molecule has 3 aromatic heterocycles. The van der Waals surface area contributed by atoms with Crippen molar-refractivity contribution < 1.29 is 9.90 Å². The van der Waals surface area contributed by atoms with E-state index in [1.54, 1.807) is 24.8 Å². The first-order valence-electron chi connectivity index (χ1n) is 10.9. The molecule has 1 atom stereocenters. The van der Waals surface area contributed by atoms with Gasteiger partial charge in [0.25, 0.3) is 0 Å². The summed E-state index contributed by atoms with van der Waals surface area (Å²) in [4.78, 5) is 32.9. The van der Waals surface area contributed by atoms with Crippen LogP contribution in [0.3, 0.4) is 0 Å². The molecule has 4 rings (SSSR count). The quantitative estimate of drug-likeness (QED) is 0.656. The number of β-amino-alcohol motifs (C(OH)–C–C–N with tert-alkyl or cyclic N) is 1. The van der Waals surface area contributed by atoms with Crippen LogP contribution in [0.25, 0.3) is 22.3 Å². The lowest BCUT2D eigenvalue weighted by Gasteiger charge is -2.27. The van der Waals surface area contributed by atoms with Gasteiger partial charge in [0.15, 0.2) is 0 Å². The van der Waals surface area contributed by atoms with Gasteiger partial charge in [0, 0.05) is 48.6 Å². The van der Waals surface area contributed by atoms with Crippen molar-refractivity contribution in [1.82, 2.24) is 24.8 Å². The van der Waals surface area contributed by atoms with Crippen LogP contribution >= 0.6 is 0 Å². The molecule has 7 heteroatoms. The Balaban J connectivity index is 1.44. The topological polar surface area (TPSA) is 92.1 Å². The van der Waals surface area contributed by atoms with E-state index >= 15 is 0 Å². The third kappa shape index (κ3) is 5.68. The molecule has 1 N–H and O–H groups in total. The normalized spacial score (nSPS) is 18.1. The minimum atomic E-state index is -0.712. The standard InChI is InChI=1S/C24H29N5O2/c1-24(2,31)16-29-10-3-4-17(7-11-29)23(30)13-19-12-21-18(14-27-19)5-6-20(28-21)22-15-25-8-9-26-22/h5-6,8-9,12,14-15,17,31H,3-4,7,10-11,13,16H2,1-2H3. The molecule has 162 valence electrons. The van der Waals surface area contributed by atoms with E-state index in [2.05, 4.69) is 19.9 Å². The average molecular weight is 420 g/mol. The highest BCUT2D eigenvalue weighted by Crippen LogP contribution is 2.23. The maximum absolute atomic E-state index is 13.0. The first kappa shape index (κ1) is 21.5. The minimum Gasteiger partial charge on any atom is -0.389 e. The molecule has 1 fully saturated rings. The molecule has 0 amide bonds. The van der Waals surface area contributed by atoms with Crippen molar-refractivity contribution in [3.8, 4) is 11.4 Å². The number of hydrogen-bond acceptors (Lipinski definition) is 7. The second kappa shape index (κ2) is 9.16. The van der Waals surface area contributed by atoms with Crippen LogP contribution in [0.5, 0.6) is 0 Å². The number of hydrogen-bond donors (Lipinski definition) is 1. The van der Waals surface area contributed by atoms with E-state index in [-0.39, 0.29) is 11.7 Å². The van der Waals surface area contributed by atoms with Gasteiger partial charge in [0.1, 0.15) is 11.5 Å². The number of Topliss-reactive ketones (excluding diaryl/α,β-unsaturated/α-hetero) is 1. The molecule has 3 aromatic rings. The number of carbonyl (C=O) groups excluding carboxylic acids is 1. The van der Waals surface area contributed by atoms with Gasteiger partial charge in [-0.25, -0.2) is 4.98 Å². The Hall–Kier alpha value is -2.77. The fourth-order valence-electron chi connectivity index (χ4n) is 4.23. The molecule has 4 heterocycles. The molecule has 7 nitrogen and oxygen atoms in total. The van der Waals surface area contributed by atoms with E-state index < -0.39 is 5.60 Å². The Labute approximate surface area is 182 Å². The summed E-state index contributed by atoms with van der Waals surface area (Å²) in [7, 11) is 0. The molecule has 1 unspecified atom stereocenters. The van der Waals surface area contributed by atoms with Crippen molar-refractivity contribution in [2.75, 3.05) is 19.6 Å².